The molecule has 0 aliphatic heterocycles. The van der Waals surface area contributed by atoms with Crippen LogP contribution >= 0.6 is 0 Å². The topological polar surface area (TPSA) is 38.3 Å². The molecule has 0 heterocycles. The van der Waals surface area contributed by atoms with Crippen LogP contribution in [0.15, 0.2) is 54.7 Å². The second-order valence-corrected chi connectivity index (χ2v) is 4.54. The number of hydrogen-bond donors (Lipinski definition) is 1. The molecule has 3 nitrogen and oxygen atoms in total. The summed E-state index contributed by atoms with van der Waals surface area (Å²) in [5.74, 6) is 0.244. The lowest BCUT2D eigenvalue weighted by Gasteiger charge is -2.03. The van der Waals surface area contributed by atoms with E-state index in [4.69, 9.17) is 4.74 Å². The van der Waals surface area contributed by atoms with Crippen molar-refractivity contribution in [3.63, 3.8) is 0 Å². The Hall–Kier alpha value is -2.62. The van der Waals surface area contributed by atoms with E-state index in [9.17, 15) is 9.18 Å². The maximum absolute atomic E-state index is 13.1. The zero-order chi connectivity index (χ0) is 15.2. The van der Waals surface area contributed by atoms with Gasteiger partial charge in [-0.05, 0) is 42.8 Å². The molecule has 0 atom stereocenters. The van der Waals surface area contributed by atoms with Gasteiger partial charge in [0.15, 0.2) is 5.78 Å². The number of hydrogen-bond acceptors (Lipinski definition) is 3. The predicted octanol–water partition coefficient (Wildman–Crippen LogP) is 3.95. The van der Waals surface area contributed by atoms with Crippen LogP contribution in [0.1, 0.15) is 15.9 Å². The minimum absolute atomic E-state index is 0.139. The SMILES string of the molecule is COc1cccc(C(=O)/C=C/Nc2ccc(F)c(C)c2)c1. The number of benzene rings is 2. The van der Waals surface area contributed by atoms with Crippen LogP contribution in [0.25, 0.3) is 0 Å². The summed E-state index contributed by atoms with van der Waals surface area (Å²) >= 11 is 0. The van der Waals surface area contributed by atoms with Gasteiger partial charge < -0.3 is 10.1 Å². The molecule has 0 bridgehead atoms. The number of rotatable bonds is 5. The first-order valence-electron chi connectivity index (χ1n) is 6.48. The van der Waals surface area contributed by atoms with Gasteiger partial charge in [0.1, 0.15) is 11.6 Å². The minimum Gasteiger partial charge on any atom is -0.497 e. The first kappa shape index (κ1) is 14.8. The standard InChI is InChI=1S/C17H16FNO2/c1-12-10-14(6-7-16(12)18)19-9-8-17(20)13-4-3-5-15(11-13)21-2/h3-11,19H,1-2H3/b9-8+. The Morgan fingerprint density at radius 2 is 2.05 bits per heavy atom. The third-order valence-corrected chi connectivity index (χ3v) is 3.00. The van der Waals surface area contributed by atoms with Crippen LogP contribution in [0.3, 0.4) is 0 Å². The van der Waals surface area contributed by atoms with Crippen molar-refractivity contribution in [1.82, 2.24) is 0 Å². The van der Waals surface area contributed by atoms with Gasteiger partial charge in [-0.3, -0.25) is 4.79 Å². The van der Waals surface area contributed by atoms with Gasteiger partial charge in [0.05, 0.1) is 7.11 Å². The number of anilines is 1. The highest BCUT2D eigenvalue weighted by Gasteiger charge is 2.03. The molecule has 0 spiro atoms. The summed E-state index contributed by atoms with van der Waals surface area (Å²) in [5.41, 5.74) is 1.82. The van der Waals surface area contributed by atoms with Crippen LogP contribution < -0.4 is 10.1 Å². The van der Waals surface area contributed by atoms with E-state index in [1.54, 1.807) is 50.4 Å². The number of carbonyl (C=O) groups is 1. The molecule has 2 rings (SSSR count). The Balaban J connectivity index is 2.03. The number of halogens is 1. The summed E-state index contributed by atoms with van der Waals surface area (Å²) < 4.78 is 18.2. The summed E-state index contributed by atoms with van der Waals surface area (Å²) in [6.45, 7) is 1.69. The van der Waals surface area contributed by atoms with Gasteiger partial charge >= 0.3 is 0 Å². The first-order chi connectivity index (χ1) is 10.1. The fourth-order valence-corrected chi connectivity index (χ4v) is 1.82. The Morgan fingerprint density at radius 3 is 2.76 bits per heavy atom. The summed E-state index contributed by atoms with van der Waals surface area (Å²) in [5, 5.41) is 2.94. The summed E-state index contributed by atoms with van der Waals surface area (Å²) in [7, 11) is 1.55. The van der Waals surface area contributed by atoms with Crippen molar-refractivity contribution in [2.24, 2.45) is 0 Å². The van der Waals surface area contributed by atoms with Crippen molar-refractivity contribution in [2.45, 2.75) is 6.92 Å². The number of ketones is 1. The Kier molecular flexibility index (Phi) is 4.72. The molecular formula is C17H16FNO2. The van der Waals surface area contributed by atoms with Crippen molar-refractivity contribution in [2.75, 3.05) is 12.4 Å². The average Bonchev–Trinajstić information content (AvgIpc) is 2.50. The maximum Gasteiger partial charge on any atom is 0.187 e. The van der Waals surface area contributed by atoms with E-state index in [1.165, 1.54) is 18.3 Å². The molecule has 0 saturated heterocycles. The molecule has 0 aliphatic carbocycles. The molecule has 21 heavy (non-hydrogen) atoms. The molecule has 2 aromatic carbocycles. The fourth-order valence-electron chi connectivity index (χ4n) is 1.82. The summed E-state index contributed by atoms with van der Waals surface area (Å²) in [6.07, 6.45) is 2.96. The Labute approximate surface area is 123 Å². The van der Waals surface area contributed by atoms with Crippen molar-refractivity contribution in [1.29, 1.82) is 0 Å². The van der Waals surface area contributed by atoms with Crippen molar-refractivity contribution < 1.29 is 13.9 Å². The van der Waals surface area contributed by atoms with Crippen molar-refractivity contribution in [3.05, 3.63) is 71.7 Å². The van der Waals surface area contributed by atoms with E-state index in [2.05, 4.69) is 5.32 Å². The second-order valence-electron chi connectivity index (χ2n) is 4.54. The summed E-state index contributed by atoms with van der Waals surface area (Å²) in [6, 6.07) is 11.6. The highest BCUT2D eigenvalue weighted by Crippen LogP contribution is 2.15. The highest BCUT2D eigenvalue weighted by molar-refractivity contribution is 6.04. The molecule has 0 fully saturated rings. The van der Waals surface area contributed by atoms with E-state index in [1.807, 2.05) is 0 Å². The second kappa shape index (κ2) is 6.70. The van der Waals surface area contributed by atoms with E-state index in [0.29, 0.717) is 16.9 Å². The number of nitrogens with one attached hydrogen (secondary N) is 1. The van der Waals surface area contributed by atoms with Crippen LogP contribution in [0.4, 0.5) is 10.1 Å². The lowest BCUT2D eigenvalue weighted by Crippen LogP contribution is -1.97. The van der Waals surface area contributed by atoms with Gasteiger partial charge in [-0.2, -0.15) is 0 Å². The van der Waals surface area contributed by atoms with Crippen LogP contribution in [-0.2, 0) is 0 Å². The van der Waals surface area contributed by atoms with E-state index < -0.39 is 0 Å². The van der Waals surface area contributed by atoms with Gasteiger partial charge in [-0.1, -0.05) is 12.1 Å². The van der Waals surface area contributed by atoms with E-state index in [0.717, 1.165) is 5.69 Å². The van der Waals surface area contributed by atoms with Crippen LogP contribution in [0, 0.1) is 12.7 Å². The van der Waals surface area contributed by atoms with Crippen molar-refractivity contribution in [3.8, 4) is 5.75 Å². The third kappa shape index (κ3) is 3.92. The molecule has 0 radical (unpaired) electrons. The molecular weight excluding hydrogens is 269 g/mol. The largest absolute Gasteiger partial charge is 0.497 e. The maximum atomic E-state index is 13.1. The highest BCUT2D eigenvalue weighted by atomic mass is 19.1. The molecule has 0 aromatic heterocycles. The van der Waals surface area contributed by atoms with Gasteiger partial charge in [0.25, 0.3) is 0 Å². The molecule has 1 N–H and O–H groups in total. The number of aryl methyl sites for hydroxylation is 1. The number of ether oxygens (including phenoxy) is 1. The quantitative estimate of drug-likeness (QED) is 0.667. The van der Waals surface area contributed by atoms with Crippen LogP contribution in [0.5, 0.6) is 5.75 Å². The Bertz CT molecular complexity index is 680. The minimum atomic E-state index is -0.253. The molecule has 4 heteroatoms. The predicted molar refractivity (Wildman–Crippen MR) is 81.2 cm³/mol. The van der Waals surface area contributed by atoms with Gasteiger partial charge in [0, 0.05) is 23.5 Å². The number of carbonyl (C=O) groups excluding carboxylic acids is 1. The average molecular weight is 285 g/mol. The number of methoxy groups -OCH3 is 1. The van der Waals surface area contributed by atoms with Crippen LogP contribution in [-0.4, -0.2) is 12.9 Å². The third-order valence-electron chi connectivity index (χ3n) is 3.00. The lowest BCUT2D eigenvalue weighted by atomic mass is 10.1. The molecule has 0 unspecified atom stereocenters. The molecule has 0 saturated carbocycles. The van der Waals surface area contributed by atoms with E-state index >= 15 is 0 Å². The van der Waals surface area contributed by atoms with E-state index in [-0.39, 0.29) is 11.6 Å². The molecule has 2 aromatic rings. The monoisotopic (exact) mass is 285 g/mol. The zero-order valence-corrected chi connectivity index (χ0v) is 11.9. The number of allylic oxidation sites excluding steroid dienone is 1. The molecule has 0 aliphatic rings. The fraction of sp³-hybridized carbons (Fsp3) is 0.118. The lowest BCUT2D eigenvalue weighted by molar-refractivity contribution is 0.104. The van der Waals surface area contributed by atoms with Gasteiger partial charge in [-0.25, -0.2) is 4.39 Å². The zero-order valence-electron chi connectivity index (χ0n) is 11.9. The normalized spacial score (nSPS) is 10.6. The smallest absolute Gasteiger partial charge is 0.187 e. The van der Waals surface area contributed by atoms with Gasteiger partial charge in [0.2, 0.25) is 0 Å². The Morgan fingerprint density at radius 1 is 1.24 bits per heavy atom. The molecule has 108 valence electrons. The van der Waals surface area contributed by atoms with Crippen LogP contribution in [0.2, 0.25) is 0 Å². The van der Waals surface area contributed by atoms with Crippen molar-refractivity contribution >= 4 is 11.5 Å². The van der Waals surface area contributed by atoms with Gasteiger partial charge in [-0.15, -0.1) is 0 Å². The molecule has 0 amide bonds. The summed E-state index contributed by atoms with van der Waals surface area (Å²) in [4.78, 5) is 12.0. The first-order valence-corrected chi connectivity index (χ1v) is 6.48.